The van der Waals surface area contributed by atoms with Crippen LogP contribution in [0.3, 0.4) is 0 Å². The number of nitrogen functional groups attached to an aromatic ring is 1. The molecule has 0 spiro atoms. The van der Waals surface area contributed by atoms with E-state index in [0.29, 0.717) is 75.7 Å². The summed E-state index contributed by atoms with van der Waals surface area (Å²) in [6, 6.07) is 8.90. The Morgan fingerprint density at radius 1 is 0.912 bits per heavy atom. The second kappa shape index (κ2) is 24.9. The van der Waals surface area contributed by atoms with Gasteiger partial charge in [-0.1, -0.05) is 32.8 Å². The molecule has 3 unspecified atom stereocenters. The van der Waals surface area contributed by atoms with Crippen molar-refractivity contribution in [1.82, 2.24) is 29.9 Å². The third-order valence-corrected chi connectivity index (χ3v) is 21.0. The zero-order valence-corrected chi connectivity index (χ0v) is 49.4. The fourth-order valence-electron chi connectivity index (χ4n) is 9.97. The molecule has 4 aromatic rings. The van der Waals surface area contributed by atoms with Gasteiger partial charge in [0, 0.05) is 67.0 Å². The third-order valence-electron chi connectivity index (χ3n) is 14.0. The number of imidazole rings is 1. The van der Waals surface area contributed by atoms with Gasteiger partial charge in [-0.3, -0.25) is 13.9 Å². The highest BCUT2D eigenvalue weighted by Gasteiger charge is 2.48. The topological polar surface area (TPSA) is 401 Å². The van der Waals surface area contributed by atoms with Crippen LogP contribution in [0.25, 0.3) is 11.2 Å². The molecule has 0 radical (unpaired) electrons. The number of fused-ring (bicyclic) bond motifs is 3. The van der Waals surface area contributed by atoms with Gasteiger partial charge < -0.3 is 54.7 Å². The number of phosphoric acid groups is 1. The van der Waals surface area contributed by atoms with E-state index in [2.05, 4.69) is 43.5 Å². The number of aromatic nitrogens is 4. The molecule has 33 heteroatoms. The van der Waals surface area contributed by atoms with Gasteiger partial charge in [0.15, 0.2) is 23.4 Å². The van der Waals surface area contributed by atoms with Crippen LogP contribution in [-0.4, -0.2) is 138 Å². The Bertz CT molecular complexity index is 3470. The minimum absolute atomic E-state index is 0.0540. The van der Waals surface area contributed by atoms with Crippen LogP contribution in [0.15, 0.2) is 82.8 Å². The zero-order chi connectivity index (χ0) is 58.8. The molecular weight excluding hydrogens is 1170 g/mol. The molecule has 7 rings (SSSR count). The Labute approximate surface area is 467 Å². The van der Waals surface area contributed by atoms with E-state index < -0.39 is 84.5 Å². The van der Waals surface area contributed by atoms with Crippen molar-refractivity contribution in [2.45, 2.75) is 131 Å². The van der Waals surface area contributed by atoms with Crippen LogP contribution < -0.4 is 21.0 Å². The molecule has 0 bridgehead atoms. The molecule has 27 nitrogen and oxygen atoms in total. The number of nitrogens with one attached hydrogen (secondary N) is 2. The molecule has 3 aliphatic heterocycles. The summed E-state index contributed by atoms with van der Waals surface area (Å²) < 4.78 is 118. The largest absolute Gasteiger partial charge is 0.744 e. The molecule has 440 valence electrons. The maximum atomic E-state index is 12.7. The number of carbonyl (C=O) groups is 1. The van der Waals surface area contributed by atoms with Gasteiger partial charge in [-0.05, 0) is 100 Å². The first-order valence-electron chi connectivity index (χ1n) is 25.3. The number of ether oxygens (including phenoxy) is 1. The predicted molar refractivity (Wildman–Crippen MR) is 295 cm³/mol. The monoisotopic (exact) mass is 1230 g/mol. The summed E-state index contributed by atoms with van der Waals surface area (Å²) in [5.41, 5.74) is 9.51. The number of hydrogen-bond acceptors (Lipinski definition) is 20. The van der Waals surface area contributed by atoms with E-state index in [4.69, 9.17) is 26.8 Å². The summed E-state index contributed by atoms with van der Waals surface area (Å²) in [6.07, 6.45) is 6.65. The molecule has 80 heavy (non-hydrogen) atoms. The number of nitrogens with two attached hydrogens (primary N) is 1. The summed E-state index contributed by atoms with van der Waals surface area (Å²) in [6.45, 7) is 5.67. The van der Waals surface area contributed by atoms with Crippen LogP contribution in [0.4, 0.5) is 17.2 Å². The average Bonchev–Trinajstić information content (AvgIpc) is 4.24. The number of aliphatic hydroxyl groups is 2. The lowest BCUT2D eigenvalue weighted by Gasteiger charge is -2.25. The molecule has 2 aromatic carbocycles. The highest BCUT2D eigenvalue weighted by molar-refractivity contribution is 8.08. The lowest BCUT2D eigenvalue weighted by atomic mass is 9.81. The van der Waals surface area contributed by atoms with Gasteiger partial charge >= 0.3 is 22.3 Å². The molecule has 3 aliphatic rings. The number of amides is 1. The normalized spacial score (nSPS) is 22.6. The number of hydrogen-bond donors (Lipinski definition) is 9. The zero-order valence-electron chi connectivity index (χ0n) is 44.3. The Balaban J connectivity index is 0.822. The predicted octanol–water partition coefficient (Wildman–Crippen LogP) is 4.81. The number of aliphatic hydroxyl groups excluding tert-OH is 2. The van der Waals surface area contributed by atoms with Gasteiger partial charge in [-0.2, -0.15) is 17.3 Å². The van der Waals surface area contributed by atoms with Crippen LogP contribution in [0.5, 0.6) is 0 Å². The highest BCUT2D eigenvalue weighted by atomic mass is 32.5. The SMILES string of the molecule is CCN1C(=CC=CC2=[N+](CCCCCC(=O)NCCCCCCNP(=O)(O)OP(=O)(O)OP(O)(=S)OC[C@H]3O[C@@H](n4cnc5c(N)ncnc54)[C@H](O)[C@@H]3O)c3ccc(S(=O)(=O)O)cc3C2(C)C)C(C)(C)c2cc(S(=O)(=O)[O-])ccc21. The van der Waals surface area contributed by atoms with E-state index in [9.17, 15) is 64.8 Å². The molecule has 1 amide bonds. The lowest BCUT2D eigenvalue weighted by molar-refractivity contribution is -0.438. The van der Waals surface area contributed by atoms with Crippen LogP contribution in [-0.2, 0) is 74.7 Å². The van der Waals surface area contributed by atoms with Gasteiger partial charge in [-0.15, -0.1) is 0 Å². The number of likely N-dealkylation sites (N-methyl/N-ethyl adjacent to an activating group) is 1. The molecule has 0 aliphatic carbocycles. The third kappa shape index (κ3) is 14.7. The van der Waals surface area contributed by atoms with Crippen LogP contribution >= 0.6 is 22.3 Å². The van der Waals surface area contributed by atoms with E-state index in [1.54, 1.807) is 12.1 Å². The average molecular weight is 1230 g/mol. The molecule has 1 fully saturated rings. The maximum absolute atomic E-state index is 12.7. The smallest absolute Gasteiger partial charge is 0.487 e. The first-order valence-corrected chi connectivity index (χ1v) is 33.8. The van der Waals surface area contributed by atoms with E-state index >= 15 is 0 Å². The Hall–Kier alpha value is -4.26. The summed E-state index contributed by atoms with van der Waals surface area (Å²) in [5, 5.41) is 26.2. The highest BCUT2D eigenvalue weighted by Crippen LogP contribution is 2.66. The first kappa shape index (κ1) is 63.3. The van der Waals surface area contributed by atoms with Gasteiger partial charge in [0.05, 0.1) is 28.1 Å². The first-order chi connectivity index (χ1) is 37.3. The van der Waals surface area contributed by atoms with Crippen molar-refractivity contribution in [1.29, 1.82) is 0 Å². The number of rotatable bonds is 27. The number of allylic oxidation sites excluding steroid dienone is 4. The number of benzene rings is 2. The molecule has 7 atom stereocenters. The second-order valence-corrected chi connectivity index (χ2v) is 29.2. The molecule has 10 N–H and O–H groups in total. The fraction of sp³-hybridized carbons (Fsp3) is 0.511. The minimum Gasteiger partial charge on any atom is -0.744 e. The van der Waals surface area contributed by atoms with Crippen molar-refractivity contribution < 1.29 is 87.2 Å². The molecule has 0 saturated carbocycles. The van der Waals surface area contributed by atoms with Crippen LogP contribution in [0.2, 0.25) is 0 Å². The number of anilines is 2. The lowest BCUT2D eigenvalue weighted by Crippen LogP contribution is -2.33. The molecule has 1 saturated heterocycles. The van der Waals surface area contributed by atoms with Crippen LogP contribution in [0.1, 0.15) is 103 Å². The fourth-order valence-corrected chi connectivity index (χ4v) is 15.7. The van der Waals surface area contributed by atoms with Gasteiger partial charge in [0.2, 0.25) is 11.6 Å². The maximum Gasteiger partial charge on any atom is 0.487 e. The quantitative estimate of drug-likeness (QED) is 0.0167. The van der Waals surface area contributed by atoms with Gasteiger partial charge in [0.1, 0.15) is 46.8 Å². The van der Waals surface area contributed by atoms with Crippen LogP contribution in [0, 0.1) is 0 Å². The Morgan fingerprint density at radius 3 is 2.27 bits per heavy atom. The van der Waals surface area contributed by atoms with Crippen molar-refractivity contribution in [3.8, 4) is 0 Å². The van der Waals surface area contributed by atoms with Crippen molar-refractivity contribution in [2.24, 2.45) is 0 Å². The van der Waals surface area contributed by atoms with Crippen molar-refractivity contribution in [2.75, 3.05) is 43.4 Å². The summed E-state index contributed by atoms with van der Waals surface area (Å²) in [7, 11) is -19.7. The molecule has 2 aromatic heterocycles. The number of unbranched alkanes of at least 4 members (excludes halogenated alkanes) is 5. The van der Waals surface area contributed by atoms with Crippen molar-refractivity contribution in [3.63, 3.8) is 0 Å². The van der Waals surface area contributed by atoms with E-state index in [1.165, 1.54) is 35.2 Å². The standard InChI is InChI=1S/C47H66N9O18P3S3/c1-6-54-34-20-18-30(79(65,66)67)25-32(34)46(2,3)37(54)15-14-16-38-47(4,5)33-26-31(80(68,69)70)19-21-35(33)55(38)24-13-9-10-17-39(57)49-22-11-7-8-12-23-53-75(60,61)73-76(62,63)74-77(64,78)71-27-36-41(58)42(59)45(72-36)56-29-52-40-43(48)50-28-51-44(40)56/h14-16,18-21,25-26,28-29,36,41-42,45,58-59H,6-13,17,22-24,27H2,1-5H3,(H8-,48,49,50,51,53,57,60,61,62,63,64,65,66,67,68,69,70,78)/t36-,41-,42-,45-,77?/m1/s1. The second-order valence-electron chi connectivity index (χ2n) is 20.3. The van der Waals surface area contributed by atoms with E-state index in [0.717, 1.165) is 29.1 Å². The summed E-state index contributed by atoms with van der Waals surface area (Å²) >= 11 is 4.78. The number of carbonyl (C=O) groups excluding carboxylic acids is 1. The van der Waals surface area contributed by atoms with E-state index in [-0.39, 0.29) is 45.6 Å². The van der Waals surface area contributed by atoms with E-state index in [1.807, 2.05) is 52.8 Å². The van der Waals surface area contributed by atoms with Crippen molar-refractivity contribution >= 4 is 94.3 Å². The van der Waals surface area contributed by atoms with Gasteiger partial charge in [0.25, 0.3) is 10.1 Å². The van der Waals surface area contributed by atoms with Gasteiger partial charge in [-0.25, -0.2) is 41.9 Å². The summed E-state index contributed by atoms with van der Waals surface area (Å²) in [5.74, 6) is -0.0889. The minimum atomic E-state index is -5.54. The molecular formula is C47H66N9O18P3S3. The Kier molecular flexibility index (Phi) is 19.7. The van der Waals surface area contributed by atoms with Crippen molar-refractivity contribution in [3.05, 3.63) is 84.1 Å². The Morgan fingerprint density at radius 2 is 1.59 bits per heavy atom. The molecule has 5 heterocycles. The summed E-state index contributed by atoms with van der Waals surface area (Å²) in [4.78, 5) is 57.1. The number of nitrogens with zero attached hydrogens (tertiary/aromatic N) is 6.